The molecule has 1 aromatic carbocycles. The lowest BCUT2D eigenvalue weighted by Gasteiger charge is -2.18. The van der Waals surface area contributed by atoms with Crippen LogP contribution in [-0.2, 0) is 11.0 Å². The van der Waals surface area contributed by atoms with E-state index in [0.717, 1.165) is 22.3 Å². The summed E-state index contributed by atoms with van der Waals surface area (Å²) < 4.78 is 38.0. The Labute approximate surface area is 141 Å². The molecule has 0 fully saturated rings. The molecule has 1 amide bonds. The number of benzene rings is 1. The van der Waals surface area contributed by atoms with E-state index in [2.05, 4.69) is 10.3 Å². The third-order valence-corrected chi connectivity index (χ3v) is 4.51. The van der Waals surface area contributed by atoms with E-state index in [1.54, 1.807) is 19.1 Å². The van der Waals surface area contributed by atoms with E-state index in [9.17, 15) is 18.0 Å². The van der Waals surface area contributed by atoms with Crippen LogP contribution in [0.2, 0.25) is 0 Å². The predicted molar refractivity (Wildman–Crippen MR) is 86.4 cm³/mol. The van der Waals surface area contributed by atoms with Crippen molar-refractivity contribution in [1.82, 2.24) is 10.3 Å². The number of hydrogen-bond acceptors (Lipinski definition) is 4. The van der Waals surface area contributed by atoms with Gasteiger partial charge in [-0.1, -0.05) is 36.8 Å². The third-order valence-electron chi connectivity index (χ3n) is 3.55. The molecule has 0 aliphatic heterocycles. The van der Waals surface area contributed by atoms with E-state index in [1.165, 1.54) is 0 Å². The zero-order chi connectivity index (χ0) is 17.9. The van der Waals surface area contributed by atoms with Crippen LogP contribution in [0, 0.1) is 6.92 Å². The number of aromatic nitrogens is 1. The first kappa shape index (κ1) is 18.4. The third kappa shape index (κ3) is 4.33. The molecule has 24 heavy (non-hydrogen) atoms. The van der Waals surface area contributed by atoms with Crippen molar-refractivity contribution in [2.45, 2.75) is 38.5 Å². The van der Waals surface area contributed by atoms with Gasteiger partial charge in [-0.05, 0) is 18.9 Å². The molecule has 130 valence electrons. The molecule has 2 unspecified atom stereocenters. The molecular weight excluding hydrogens is 339 g/mol. The molecule has 0 spiro atoms. The number of hydrogen-bond donors (Lipinski definition) is 2. The number of aryl methyl sites for hydroxylation is 1. The zero-order valence-electron chi connectivity index (χ0n) is 13.2. The average Bonchev–Trinajstić information content (AvgIpc) is 3.02. The van der Waals surface area contributed by atoms with Gasteiger partial charge in [0.25, 0.3) is 0 Å². The minimum atomic E-state index is -4.49. The van der Waals surface area contributed by atoms with Gasteiger partial charge in [0.05, 0.1) is 6.04 Å². The summed E-state index contributed by atoms with van der Waals surface area (Å²) in [5.41, 5.74) is 6.67. The topological polar surface area (TPSA) is 68.0 Å². The number of alkyl halides is 3. The summed E-state index contributed by atoms with van der Waals surface area (Å²) in [6, 6.07) is 5.71. The Bertz CT molecular complexity index is 697. The minimum absolute atomic E-state index is 0.217. The standard InChI is InChI=1S/C16H18F3N3OS/c1-3-11(15-22-12(8-24-15)16(17,18)19)21-14(23)13(20)10-6-4-9(2)5-7-10/h4-8,11,13H,3,20H2,1-2H3,(H,21,23). The second-order valence-electron chi connectivity index (χ2n) is 5.43. The van der Waals surface area contributed by atoms with E-state index < -0.39 is 29.9 Å². The number of thiazole rings is 1. The maximum atomic E-state index is 12.7. The van der Waals surface area contributed by atoms with Crippen LogP contribution in [0.1, 0.15) is 47.3 Å². The van der Waals surface area contributed by atoms with Crippen molar-refractivity contribution < 1.29 is 18.0 Å². The smallest absolute Gasteiger partial charge is 0.345 e. The molecule has 8 heteroatoms. The molecule has 1 aromatic heterocycles. The number of halogens is 3. The molecule has 0 aliphatic carbocycles. The minimum Gasteiger partial charge on any atom is -0.345 e. The summed E-state index contributed by atoms with van der Waals surface area (Å²) in [5.74, 6) is -0.450. The first-order valence-corrected chi connectivity index (χ1v) is 8.25. The summed E-state index contributed by atoms with van der Waals surface area (Å²) in [7, 11) is 0. The van der Waals surface area contributed by atoms with Gasteiger partial charge in [-0.3, -0.25) is 4.79 Å². The Morgan fingerprint density at radius 2 is 1.96 bits per heavy atom. The summed E-state index contributed by atoms with van der Waals surface area (Å²) in [6.07, 6.45) is -4.08. The van der Waals surface area contributed by atoms with Crippen LogP contribution < -0.4 is 11.1 Å². The van der Waals surface area contributed by atoms with E-state index in [4.69, 9.17) is 5.73 Å². The Kier molecular flexibility index (Phi) is 5.61. The summed E-state index contributed by atoms with van der Waals surface area (Å²) >= 11 is 0.874. The first-order chi connectivity index (χ1) is 11.2. The van der Waals surface area contributed by atoms with Crippen LogP contribution in [-0.4, -0.2) is 10.9 Å². The highest BCUT2D eigenvalue weighted by molar-refractivity contribution is 7.09. The predicted octanol–water partition coefficient (Wildman–Crippen LogP) is 3.74. The molecule has 2 rings (SSSR count). The van der Waals surface area contributed by atoms with Gasteiger partial charge in [0.1, 0.15) is 11.0 Å². The molecule has 0 aliphatic rings. The van der Waals surface area contributed by atoms with Gasteiger partial charge in [0.2, 0.25) is 5.91 Å². The zero-order valence-corrected chi connectivity index (χ0v) is 14.0. The highest BCUT2D eigenvalue weighted by atomic mass is 32.1. The van der Waals surface area contributed by atoms with E-state index >= 15 is 0 Å². The van der Waals surface area contributed by atoms with E-state index in [1.807, 2.05) is 19.1 Å². The lowest BCUT2D eigenvalue weighted by atomic mass is 10.0. The van der Waals surface area contributed by atoms with E-state index in [-0.39, 0.29) is 5.01 Å². The van der Waals surface area contributed by atoms with Gasteiger partial charge < -0.3 is 11.1 Å². The maximum absolute atomic E-state index is 12.7. The Morgan fingerprint density at radius 3 is 2.46 bits per heavy atom. The fourth-order valence-corrected chi connectivity index (χ4v) is 3.06. The van der Waals surface area contributed by atoms with Crippen LogP contribution >= 0.6 is 11.3 Å². The van der Waals surface area contributed by atoms with Gasteiger partial charge in [-0.15, -0.1) is 11.3 Å². The van der Waals surface area contributed by atoms with Gasteiger partial charge in [-0.2, -0.15) is 13.2 Å². The van der Waals surface area contributed by atoms with Crippen molar-refractivity contribution in [2.24, 2.45) is 5.73 Å². The number of nitrogens with two attached hydrogens (primary N) is 1. The highest BCUT2D eigenvalue weighted by Crippen LogP contribution is 2.32. The van der Waals surface area contributed by atoms with Gasteiger partial charge in [0.15, 0.2) is 5.69 Å². The number of carbonyl (C=O) groups is 1. The first-order valence-electron chi connectivity index (χ1n) is 7.37. The molecule has 0 saturated heterocycles. The van der Waals surface area contributed by atoms with Crippen LogP contribution in [0.15, 0.2) is 29.6 Å². The fourth-order valence-electron chi connectivity index (χ4n) is 2.10. The van der Waals surface area contributed by atoms with Crippen LogP contribution in [0.4, 0.5) is 13.2 Å². The van der Waals surface area contributed by atoms with Crippen molar-refractivity contribution in [3.8, 4) is 0 Å². The largest absolute Gasteiger partial charge is 0.434 e. The number of amides is 1. The van der Waals surface area contributed by atoms with Crippen molar-refractivity contribution in [3.63, 3.8) is 0 Å². The molecular formula is C16H18F3N3OS. The molecule has 2 atom stereocenters. The highest BCUT2D eigenvalue weighted by Gasteiger charge is 2.34. The molecule has 2 aromatic rings. The molecule has 0 bridgehead atoms. The lowest BCUT2D eigenvalue weighted by molar-refractivity contribution is -0.140. The summed E-state index contributed by atoms with van der Waals surface area (Å²) in [4.78, 5) is 15.9. The van der Waals surface area contributed by atoms with Crippen LogP contribution in [0.25, 0.3) is 0 Å². The monoisotopic (exact) mass is 357 g/mol. The van der Waals surface area contributed by atoms with Crippen molar-refractivity contribution in [2.75, 3.05) is 0 Å². The SMILES string of the molecule is CCC(NC(=O)C(N)c1ccc(C)cc1)c1nc(C(F)(F)F)cs1. The van der Waals surface area contributed by atoms with Crippen molar-refractivity contribution >= 4 is 17.2 Å². The Morgan fingerprint density at radius 1 is 1.33 bits per heavy atom. The lowest BCUT2D eigenvalue weighted by Crippen LogP contribution is -2.36. The number of nitrogens with one attached hydrogen (secondary N) is 1. The van der Waals surface area contributed by atoms with Gasteiger partial charge >= 0.3 is 6.18 Å². The second kappa shape index (κ2) is 7.31. The molecule has 0 radical (unpaired) electrons. The number of rotatable bonds is 5. The maximum Gasteiger partial charge on any atom is 0.434 e. The number of carbonyl (C=O) groups excluding carboxylic acids is 1. The van der Waals surface area contributed by atoms with Crippen LogP contribution in [0.3, 0.4) is 0 Å². The Balaban J connectivity index is 2.10. The van der Waals surface area contributed by atoms with Crippen molar-refractivity contribution in [1.29, 1.82) is 0 Å². The summed E-state index contributed by atoms with van der Waals surface area (Å²) in [6.45, 7) is 3.68. The number of nitrogens with zero attached hydrogens (tertiary/aromatic N) is 1. The molecule has 3 N–H and O–H groups in total. The quantitative estimate of drug-likeness (QED) is 0.857. The summed E-state index contributed by atoms with van der Waals surface area (Å²) in [5, 5.41) is 3.84. The molecule has 1 heterocycles. The van der Waals surface area contributed by atoms with Crippen molar-refractivity contribution in [3.05, 3.63) is 51.5 Å². The molecule has 0 saturated carbocycles. The van der Waals surface area contributed by atoms with Gasteiger partial charge in [-0.25, -0.2) is 4.98 Å². The van der Waals surface area contributed by atoms with E-state index in [0.29, 0.717) is 12.0 Å². The molecule has 4 nitrogen and oxygen atoms in total. The normalized spacial score (nSPS) is 14.2. The Hall–Kier alpha value is -1.93. The average molecular weight is 357 g/mol. The second-order valence-corrected chi connectivity index (χ2v) is 6.32. The van der Waals surface area contributed by atoms with Crippen LogP contribution in [0.5, 0.6) is 0 Å². The fraction of sp³-hybridized carbons (Fsp3) is 0.375. The van der Waals surface area contributed by atoms with Gasteiger partial charge in [0, 0.05) is 5.38 Å².